The topological polar surface area (TPSA) is 155 Å². The molecule has 460 valence electrons. The minimum Gasteiger partial charge on any atom is -0.462 e. The van der Waals surface area contributed by atoms with Gasteiger partial charge in [-0.1, -0.05) is 266 Å². The number of carbonyl (C=O) groups is 3. The fraction of sp³-hybridized carbons (Fsp3) is 0.721. The van der Waals surface area contributed by atoms with Gasteiger partial charge in [0.25, 0.3) is 0 Å². The summed E-state index contributed by atoms with van der Waals surface area (Å²) in [7, 11) is -4.77. The van der Waals surface area contributed by atoms with Gasteiger partial charge in [0, 0.05) is 19.3 Å². The van der Waals surface area contributed by atoms with Crippen molar-refractivity contribution in [2.24, 2.45) is 0 Å². The van der Waals surface area contributed by atoms with Crippen LogP contribution in [0, 0.1) is 0 Å². The lowest BCUT2D eigenvalue weighted by Crippen LogP contribution is -2.30. The smallest absolute Gasteiger partial charge is 0.462 e. The number of allylic oxidation sites excluding steroid dienone is 16. The standard InChI is InChI=1S/C68H117O11P/c1-4-7-10-13-16-19-22-25-28-31-32-35-38-41-44-47-50-53-56-59-68(72)79-65(61-75-66(70)57-54-51-48-45-42-39-36-33-29-26-23-20-17-14-11-8-5-2)63-77-80(73,74)76-62-64(60-69)78-67(71)58-55-52-49-46-43-40-37-34-30-27-24-21-18-15-12-9-6-3/h8-9,11-12,17-18,20-21,26-27,29-30,36,39,45,48,64-65,69H,4-7,10,13-16,19,22-25,28,31-35,37-38,40-44,46-47,49-63H2,1-3H3,(H,73,74)/b11-8-,12-9-,20-17-,21-18-,29-26-,30-27-,39-36-,48-45-. The third-order valence-corrected chi connectivity index (χ3v) is 14.5. The fourth-order valence-electron chi connectivity index (χ4n) is 8.70. The highest BCUT2D eigenvalue weighted by atomic mass is 31.2. The SMILES string of the molecule is CC/C=C\C/C=C\C/C=C\C/C=C\C/C=C\CCCC(=O)OCC(COP(=O)(O)OCC(CO)OC(=O)CCCCCCCCC/C=C\C/C=C\C/C=C\CC)OC(=O)CCCCCCCCCCCCCCCCCCCCC. The maximum absolute atomic E-state index is 13.0. The maximum Gasteiger partial charge on any atom is 0.472 e. The second-order valence-electron chi connectivity index (χ2n) is 21.2. The Kier molecular flexibility index (Phi) is 58.7. The van der Waals surface area contributed by atoms with E-state index < -0.39 is 57.8 Å². The van der Waals surface area contributed by atoms with Crippen LogP contribution in [-0.2, 0) is 42.2 Å². The Balaban J connectivity index is 4.76. The van der Waals surface area contributed by atoms with E-state index in [-0.39, 0.29) is 25.9 Å². The molecule has 11 nitrogen and oxygen atoms in total. The molecule has 0 aromatic heterocycles. The lowest BCUT2D eigenvalue weighted by molar-refractivity contribution is -0.161. The van der Waals surface area contributed by atoms with Gasteiger partial charge < -0.3 is 24.2 Å². The molecule has 0 rings (SSSR count). The molecule has 2 N–H and O–H groups in total. The van der Waals surface area contributed by atoms with E-state index in [1.165, 1.54) is 109 Å². The summed E-state index contributed by atoms with van der Waals surface area (Å²) in [5, 5.41) is 9.85. The summed E-state index contributed by atoms with van der Waals surface area (Å²) in [6, 6.07) is 0. The summed E-state index contributed by atoms with van der Waals surface area (Å²) in [5.74, 6) is -1.54. The number of hydrogen-bond donors (Lipinski definition) is 2. The van der Waals surface area contributed by atoms with Crippen molar-refractivity contribution in [1.82, 2.24) is 0 Å². The van der Waals surface area contributed by atoms with Gasteiger partial charge in [-0.3, -0.25) is 23.4 Å². The van der Waals surface area contributed by atoms with Crippen molar-refractivity contribution in [2.45, 2.75) is 290 Å². The van der Waals surface area contributed by atoms with Gasteiger partial charge in [0.1, 0.15) is 12.7 Å². The fourth-order valence-corrected chi connectivity index (χ4v) is 9.49. The van der Waals surface area contributed by atoms with Gasteiger partial charge >= 0.3 is 25.7 Å². The average molecular weight is 1140 g/mol. The molecule has 0 fully saturated rings. The molecule has 0 aliphatic rings. The lowest BCUT2D eigenvalue weighted by atomic mass is 10.0. The third kappa shape index (κ3) is 59.0. The highest BCUT2D eigenvalue weighted by Gasteiger charge is 2.28. The zero-order valence-corrected chi connectivity index (χ0v) is 51.9. The van der Waals surface area contributed by atoms with Gasteiger partial charge in [-0.25, -0.2) is 4.57 Å². The number of carbonyl (C=O) groups excluding carboxylic acids is 3. The van der Waals surface area contributed by atoms with Gasteiger partial charge in [-0.15, -0.1) is 0 Å². The molecule has 0 amide bonds. The Hall–Kier alpha value is -3.60. The van der Waals surface area contributed by atoms with Crippen LogP contribution in [0.1, 0.15) is 278 Å². The summed E-state index contributed by atoms with van der Waals surface area (Å²) in [4.78, 5) is 48.7. The van der Waals surface area contributed by atoms with E-state index in [0.717, 1.165) is 103 Å². The average Bonchev–Trinajstić information content (AvgIpc) is 3.45. The highest BCUT2D eigenvalue weighted by molar-refractivity contribution is 7.47. The predicted octanol–water partition coefficient (Wildman–Crippen LogP) is 19.6. The molecule has 12 heteroatoms. The number of unbranched alkanes of at least 4 members (excludes halogenated alkanes) is 26. The minimum absolute atomic E-state index is 0.146. The molecule has 80 heavy (non-hydrogen) atoms. The largest absolute Gasteiger partial charge is 0.472 e. The first-order chi connectivity index (χ1) is 39.2. The van der Waals surface area contributed by atoms with Gasteiger partial charge in [-0.05, 0) is 89.9 Å². The van der Waals surface area contributed by atoms with Crippen molar-refractivity contribution in [1.29, 1.82) is 0 Å². The van der Waals surface area contributed by atoms with E-state index in [1.807, 2.05) is 6.08 Å². The maximum atomic E-state index is 13.0. The molecule has 0 aliphatic heterocycles. The monoisotopic (exact) mass is 1140 g/mol. The molecule has 0 saturated carbocycles. The predicted molar refractivity (Wildman–Crippen MR) is 334 cm³/mol. The molecular weight excluding hydrogens is 1020 g/mol. The molecule has 0 aromatic rings. The first-order valence-corrected chi connectivity index (χ1v) is 33.6. The number of hydrogen-bond acceptors (Lipinski definition) is 10. The van der Waals surface area contributed by atoms with Crippen LogP contribution in [0.15, 0.2) is 97.2 Å². The number of aliphatic hydroxyl groups excluding tert-OH is 1. The van der Waals surface area contributed by atoms with E-state index in [9.17, 15) is 28.9 Å². The summed E-state index contributed by atoms with van der Waals surface area (Å²) in [6.45, 7) is 4.39. The van der Waals surface area contributed by atoms with Crippen molar-refractivity contribution >= 4 is 25.7 Å². The molecule has 0 aliphatic carbocycles. The molecule has 0 saturated heterocycles. The van der Waals surface area contributed by atoms with Crippen molar-refractivity contribution in [3.05, 3.63) is 97.2 Å². The Labute approximate surface area is 489 Å². The molecule has 3 unspecified atom stereocenters. The molecule has 0 radical (unpaired) electrons. The highest BCUT2D eigenvalue weighted by Crippen LogP contribution is 2.43. The molecule has 0 aromatic carbocycles. The van der Waals surface area contributed by atoms with Gasteiger partial charge in [0.2, 0.25) is 0 Å². The second-order valence-corrected chi connectivity index (χ2v) is 22.6. The summed E-state index contributed by atoms with van der Waals surface area (Å²) in [5.41, 5.74) is 0. The zero-order chi connectivity index (χ0) is 58.3. The minimum atomic E-state index is -4.77. The molecule has 3 atom stereocenters. The van der Waals surface area contributed by atoms with Crippen molar-refractivity contribution < 1.29 is 52.2 Å². The number of rotatable bonds is 59. The summed E-state index contributed by atoms with van der Waals surface area (Å²) < 4.78 is 39.6. The van der Waals surface area contributed by atoms with Crippen LogP contribution in [0.3, 0.4) is 0 Å². The van der Waals surface area contributed by atoms with Crippen molar-refractivity contribution in [2.75, 3.05) is 26.4 Å². The van der Waals surface area contributed by atoms with Crippen molar-refractivity contribution in [3.8, 4) is 0 Å². The number of ether oxygens (including phenoxy) is 3. The number of phosphoric ester groups is 1. The van der Waals surface area contributed by atoms with E-state index in [0.29, 0.717) is 25.7 Å². The van der Waals surface area contributed by atoms with Crippen LogP contribution >= 0.6 is 7.82 Å². The van der Waals surface area contributed by atoms with E-state index in [2.05, 4.69) is 112 Å². The molecule has 0 heterocycles. The first kappa shape index (κ1) is 76.4. The number of aliphatic hydroxyl groups is 1. The van der Waals surface area contributed by atoms with Gasteiger partial charge in [0.15, 0.2) is 6.10 Å². The van der Waals surface area contributed by atoms with E-state index in [4.69, 9.17) is 23.3 Å². The van der Waals surface area contributed by atoms with Gasteiger partial charge in [-0.2, -0.15) is 0 Å². The third-order valence-electron chi connectivity index (χ3n) is 13.5. The van der Waals surface area contributed by atoms with Gasteiger partial charge in [0.05, 0.1) is 19.8 Å². The van der Waals surface area contributed by atoms with E-state index in [1.54, 1.807) is 0 Å². The van der Waals surface area contributed by atoms with Crippen LogP contribution in [-0.4, -0.2) is 66.5 Å². The second kappa shape index (κ2) is 61.5. The summed E-state index contributed by atoms with van der Waals surface area (Å²) in [6.07, 6.45) is 73.7. The Morgan fingerprint density at radius 1 is 0.362 bits per heavy atom. The van der Waals surface area contributed by atoms with Crippen LogP contribution in [0.4, 0.5) is 0 Å². The quantitative estimate of drug-likeness (QED) is 0.0197. The van der Waals surface area contributed by atoms with E-state index >= 15 is 0 Å². The zero-order valence-electron chi connectivity index (χ0n) is 51.0. The van der Waals surface area contributed by atoms with Crippen LogP contribution < -0.4 is 0 Å². The normalized spacial score (nSPS) is 13.9. The van der Waals surface area contributed by atoms with Crippen LogP contribution in [0.5, 0.6) is 0 Å². The summed E-state index contributed by atoms with van der Waals surface area (Å²) >= 11 is 0. The van der Waals surface area contributed by atoms with Crippen molar-refractivity contribution in [3.63, 3.8) is 0 Å². The number of phosphoric acid groups is 1. The number of esters is 3. The molecule has 0 bridgehead atoms. The Bertz CT molecular complexity index is 1710. The first-order valence-electron chi connectivity index (χ1n) is 32.1. The lowest BCUT2D eigenvalue weighted by Gasteiger charge is -2.21. The Morgan fingerprint density at radius 3 is 1.04 bits per heavy atom. The Morgan fingerprint density at radius 2 is 0.662 bits per heavy atom. The van der Waals surface area contributed by atoms with Crippen LogP contribution in [0.2, 0.25) is 0 Å². The molecule has 0 spiro atoms. The van der Waals surface area contributed by atoms with Crippen LogP contribution in [0.25, 0.3) is 0 Å². The molecular formula is C68H117O11P.